The lowest BCUT2D eigenvalue weighted by Gasteiger charge is -2.25. The molecular weight excluding hydrogens is 463 g/mol. The Labute approximate surface area is 199 Å². The number of imidazole rings is 1. The lowest BCUT2D eigenvalue weighted by Crippen LogP contribution is -2.26. The number of aryl methyl sites for hydroxylation is 2. The number of aromatic nitrogens is 4. The number of nitrogens with zero attached hydrogens (tertiary/aromatic N) is 5. The molecule has 0 radical (unpaired) electrons. The molecule has 1 amide bonds. The van der Waals surface area contributed by atoms with E-state index in [2.05, 4.69) is 20.6 Å². The molecule has 2 aliphatic carbocycles. The van der Waals surface area contributed by atoms with Crippen molar-refractivity contribution in [2.24, 2.45) is 31.1 Å². The first-order chi connectivity index (χ1) is 16.2. The van der Waals surface area contributed by atoms with Gasteiger partial charge in [0.05, 0.1) is 28.9 Å². The second kappa shape index (κ2) is 8.28. The minimum absolute atomic E-state index is 0.0634. The summed E-state index contributed by atoms with van der Waals surface area (Å²) in [6.45, 7) is 0. The maximum atomic E-state index is 13.5. The van der Waals surface area contributed by atoms with Crippen LogP contribution < -0.4 is 5.32 Å². The zero-order valence-corrected chi connectivity index (χ0v) is 19.5. The summed E-state index contributed by atoms with van der Waals surface area (Å²) in [7, 11) is 3.46. The molecule has 0 aliphatic heterocycles. The van der Waals surface area contributed by atoms with Gasteiger partial charge in [0.2, 0.25) is 0 Å². The van der Waals surface area contributed by atoms with Crippen LogP contribution in [0.1, 0.15) is 53.5 Å². The molecule has 2 aliphatic rings. The highest BCUT2D eigenvalue weighted by molar-refractivity contribution is 6.31. The van der Waals surface area contributed by atoms with Crippen molar-refractivity contribution in [1.29, 1.82) is 0 Å². The molecular formula is C23H24ClFN6O3. The molecule has 2 atom stereocenters. The van der Waals surface area contributed by atoms with Crippen LogP contribution in [0.5, 0.6) is 0 Å². The van der Waals surface area contributed by atoms with Gasteiger partial charge in [-0.25, -0.2) is 9.37 Å². The zero-order valence-electron chi connectivity index (χ0n) is 18.7. The van der Waals surface area contributed by atoms with Crippen molar-refractivity contribution in [3.05, 3.63) is 63.6 Å². The molecule has 2 unspecified atom stereocenters. The fraction of sp³-hybridized carbons (Fsp3) is 0.435. The molecule has 2 fully saturated rings. The number of hydrogen-bond donors (Lipinski definition) is 2. The highest BCUT2D eigenvalue weighted by Crippen LogP contribution is 2.57. The summed E-state index contributed by atoms with van der Waals surface area (Å²) in [5.41, 5.74) is 1.03. The first kappa shape index (κ1) is 22.7. The quantitative estimate of drug-likeness (QED) is 0.519. The van der Waals surface area contributed by atoms with Crippen LogP contribution in [-0.2, 0) is 19.7 Å². The van der Waals surface area contributed by atoms with Gasteiger partial charge in [0.1, 0.15) is 17.1 Å². The summed E-state index contributed by atoms with van der Waals surface area (Å²) in [6.07, 6.45) is 5.54. The number of aliphatic hydroxyl groups is 1. The van der Waals surface area contributed by atoms with Gasteiger partial charge in [0.15, 0.2) is 5.69 Å². The van der Waals surface area contributed by atoms with E-state index < -0.39 is 11.4 Å². The third kappa shape index (κ3) is 3.70. The molecule has 0 saturated heterocycles. The van der Waals surface area contributed by atoms with Gasteiger partial charge in [-0.2, -0.15) is 5.10 Å². The molecule has 0 spiro atoms. The lowest BCUT2D eigenvalue weighted by atomic mass is 9.89. The summed E-state index contributed by atoms with van der Waals surface area (Å²) >= 11 is 5.84. The lowest BCUT2D eigenvalue weighted by molar-refractivity contribution is 0.0269. The SMILES string of the molecule is Cn1cnc(C2CC3CC(O)(c4c(N=O)cnn4C)CC3C2)c1C(=O)Nc1ccc(F)c(Cl)c1. The number of rotatable bonds is 5. The molecule has 2 heterocycles. The number of anilines is 1. The Morgan fingerprint density at radius 3 is 2.65 bits per heavy atom. The Morgan fingerprint density at radius 2 is 2.00 bits per heavy atom. The number of fused-ring (bicyclic) bond motifs is 1. The number of hydrogen-bond acceptors (Lipinski definition) is 6. The van der Waals surface area contributed by atoms with Gasteiger partial charge in [-0.3, -0.25) is 9.48 Å². The van der Waals surface area contributed by atoms with Crippen LogP contribution in [0.2, 0.25) is 5.02 Å². The van der Waals surface area contributed by atoms with Crippen LogP contribution in [0.15, 0.2) is 35.9 Å². The normalized spacial score (nSPS) is 26.0. The minimum Gasteiger partial charge on any atom is -0.383 e. The monoisotopic (exact) mass is 486 g/mol. The van der Waals surface area contributed by atoms with Gasteiger partial charge >= 0.3 is 0 Å². The number of carbonyl (C=O) groups excluding carboxylic acids is 1. The Kier molecular flexibility index (Phi) is 5.52. The molecule has 9 nitrogen and oxygen atoms in total. The Balaban J connectivity index is 1.34. The Morgan fingerprint density at radius 1 is 1.29 bits per heavy atom. The predicted octanol–water partition coefficient (Wildman–Crippen LogP) is 4.39. The molecule has 0 bridgehead atoms. The molecule has 5 rings (SSSR count). The number of benzene rings is 1. The maximum Gasteiger partial charge on any atom is 0.274 e. The summed E-state index contributed by atoms with van der Waals surface area (Å²) in [5.74, 6) is -0.395. The van der Waals surface area contributed by atoms with Crippen molar-refractivity contribution < 1.29 is 14.3 Å². The summed E-state index contributed by atoms with van der Waals surface area (Å²) in [6, 6.07) is 4.03. The van der Waals surface area contributed by atoms with Gasteiger partial charge in [0.25, 0.3) is 5.91 Å². The third-order valence-corrected chi connectivity index (χ3v) is 7.53. The minimum atomic E-state index is -1.15. The standard InChI is InChI=1S/C23H24ClFN6O3/c1-30-11-26-19(20(30)22(32)28-15-3-4-17(25)16(24)7-15)12-5-13-8-23(33,9-14(13)6-12)21-18(29-34)10-27-31(21)2/h3-4,7,10-14,33H,5-6,8-9H2,1-2H3,(H,28,32). The highest BCUT2D eigenvalue weighted by atomic mass is 35.5. The number of halogens is 2. The van der Waals surface area contributed by atoms with Gasteiger partial charge in [-0.05, 0) is 60.9 Å². The molecule has 2 saturated carbocycles. The van der Waals surface area contributed by atoms with E-state index in [0.29, 0.717) is 35.6 Å². The van der Waals surface area contributed by atoms with Gasteiger partial charge < -0.3 is 15.0 Å². The van der Waals surface area contributed by atoms with E-state index in [1.54, 1.807) is 25.0 Å². The number of carbonyl (C=O) groups is 1. The zero-order chi connectivity index (χ0) is 24.2. The average Bonchev–Trinajstić information content (AvgIpc) is 3.52. The smallest absolute Gasteiger partial charge is 0.274 e. The fourth-order valence-corrected chi connectivity index (χ4v) is 6.08. The van der Waals surface area contributed by atoms with E-state index in [1.165, 1.54) is 29.1 Å². The molecule has 178 valence electrons. The van der Waals surface area contributed by atoms with Crippen molar-refractivity contribution in [3.8, 4) is 0 Å². The van der Waals surface area contributed by atoms with Crippen LogP contribution in [0, 0.1) is 22.6 Å². The van der Waals surface area contributed by atoms with E-state index in [4.69, 9.17) is 11.6 Å². The molecule has 11 heteroatoms. The molecule has 2 aromatic heterocycles. The van der Waals surface area contributed by atoms with Crippen LogP contribution in [0.4, 0.5) is 15.8 Å². The van der Waals surface area contributed by atoms with Gasteiger partial charge in [0, 0.05) is 25.7 Å². The number of amides is 1. The molecule has 2 N–H and O–H groups in total. The average molecular weight is 487 g/mol. The Hall–Kier alpha value is -3.11. The molecule has 3 aromatic rings. The molecule has 34 heavy (non-hydrogen) atoms. The molecule has 1 aromatic carbocycles. The van der Waals surface area contributed by atoms with Gasteiger partial charge in [-0.15, -0.1) is 4.91 Å². The summed E-state index contributed by atoms with van der Waals surface area (Å²) < 4.78 is 16.7. The van der Waals surface area contributed by atoms with E-state index in [0.717, 1.165) is 12.8 Å². The second-order valence-electron chi connectivity index (χ2n) is 9.39. The van der Waals surface area contributed by atoms with Crippen molar-refractivity contribution >= 4 is 28.9 Å². The van der Waals surface area contributed by atoms with Crippen LogP contribution in [-0.4, -0.2) is 30.3 Å². The van der Waals surface area contributed by atoms with Crippen molar-refractivity contribution in [3.63, 3.8) is 0 Å². The van der Waals surface area contributed by atoms with Crippen LogP contribution in [0.3, 0.4) is 0 Å². The van der Waals surface area contributed by atoms with Gasteiger partial charge in [-0.1, -0.05) is 11.6 Å². The van der Waals surface area contributed by atoms with Crippen LogP contribution in [0.25, 0.3) is 0 Å². The topological polar surface area (TPSA) is 114 Å². The largest absolute Gasteiger partial charge is 0.383 e. The number of nitrogens with one attached hydrogen (secondary N) is 1. The summed E-state index contributed by atoms with van der Waals surface area (Å²) in [4.78, 5) is 28.8. The van der Waals surface area contributed by atoms with Crippen molar-refractivity contribution in [2.75, 3.05) is 5.32 Å². The maximum absolute atomic E-state index is 13.5. The number of nitroso groups, excluding NO2 is 1. The van der Waals surface area contributed by atoms with E-state index in [1.807, 2.05) is 0 Å². The second-order valence-corrected chi connectivity index (χ2v) is 9.80. The first-order valence-corrected chi connectivity index (χ1v) is 11.4. The highest BCUT2D eigenvalue weighted by Gasteiger charge is 2.52. The Bertz CT molecular complexity index is 1270. The first-order valence-electron chi connectivity index (χ1n) is 11.1. The third-order valence-electron chi connectivity index (χ3n) is 7.24. The van der Waals surface area contributed by atoms with E-state index in [-0.39, 0.29) is 34.4 Å². The van der Waals surface area contributed by atoms with Crippen molar-refractivity contribution in [1.82, 2.24) is 19.3 Å². The van der Waals surface area contributed by atoms with E-state index >= 15 is 0 Å². The predicted molar refractivity (Wildman–Crippen MR) is 123 cm³/mol. The summed E-state index contributed by atoms with van der Waals surface area (Å²) in [5, 5.41) is 21.2. The fourth-order valence-electron chi connectivity index (χ4n) is 5.90. The van der Waals surface area contributed by atoms with Crippen molar-refractivity contribution in [2.45, 2.75) is 37.2 Å². The van der Waals surface area contributed by atoms with E-state index in [9.17, 15) is 19.2 Å². The van der Waals surface area contributed by atoms with Crippen LogP contribution >= 0.6 is 11.6 Å².